The van der Waals surface area contributed by atoms with Crippen molar-refractivity contribution >= 4 is 16.7 Å². The molecule has 0 aliphatic rings. The van der Waals surface area contributed by atoms with E-state index in [2.05, 4.69) is 33.5 Å². The Bertz CT molecular complexity index is 821. The highest BCUT2D eigenvalue weighted by molar-refractivity contribution is 5.92. The fourth-order valence-electron chi connectivity index (χ4n) is 2.78. The maximum atomic E-state index is 5.37. The third kappa shape index (κ3) is 3.46. The summed E-state index contributed by atoms with van der Waals surface area (Å²) in [6.07, 6.45) is 2.46. The summed E-state index contributed by atoms with van der Waals surface area (Å²) in [5.41, 5.74) is 3.32. The van der Waals surface area contributed by atoms with Crippen molar-refractivity contribution in [2.45, 2.75) is 13.0 Å². The summed E-state index contributed by atoms with van der Waals surface area (Å²) < 4.78 is 10.6. The summed E-state index contributed by atoms with van der Waals surface area (Å²) in [5.74, 6) is 1.58. The van der Waals surface area contributed by atoms with Crippen LogP contribution in [0.5, 0.6) is 5.75 Å². The third-order valence-corrected chi connectivity index (χ3v) is 3.95. The van der Waals surface area contributed by atoms with Gasteiger partial charge in [0.2, 0.25) is 0 Å². The summed E-state index contributed by atoms with van der Waals surface area (Å²) >= 11 is 0. The number of anilines is 1. The Morgan fingerprint density at radius 1 is 0.958 bits per heavy atom. The first-order valence-electron chi connectivity index (χ1n) is 7.90. The van der Waals surface area contributed by atoms with E-state index < -0.39 is 0 Å². The van der Waals surface area contributed by atoms with Gasteiger partial charge in [-0.1, -0.05) is 30.3 Å². The summed E-state index contributed by atoms with van der Waals surface area (Å²) in [4.78, 5) is 8.69. The number of ether oxygens (including phenoxy) is 2. The number of aromatic nitrogens is 2. The van der Waals surface area contributed by atoms with Gasteiger partial charge in [-0.3, -0.25) is 0 Å². The highest BCUT2D eigenvalue weighted by Gasteiger charge is 2.08. The molecule has 124 valence electrons. The smallest absolute Gasteiger partial charge is 0.145 e. The van der Waals surface area contributed by atoms with Crippen LogP contribution in [0, 0.1) is 0 Å². The van der Waals surface area contributed by atoms with Gasteiger partial charge in [-0.25, -0.2) is 9.97 Å². The summed E-state index contributed by atoms with van der Waals surface area (Å²) in [6, 6.07) is 14.2. The van der Waals surface area contributed by atoms with Crippen molar-refractivity contribution in [2.24, 2.45) is 0 Å². The Labute approximate surface area is 141 Å². The van der Waals surface area contributed by atoms with Crippen LogP contribution in [0.25, 0.3) is 10.9 Å². The summed E-state index contributed by atoms with van der Waals surface area (Å²) in [6.45, 7) is 1.41. The van der Waals surface area contributed by atoms with Crippen LogP contribution in [-0.2, 0) is 17.8 Å². The van der Waals surface area contributed by atoms with E-state index in [1.54, 1.807) is 20.5 Å². The minimum Gasteiger partial charge on any atom is -0.494 e. The fourth-order valence-corrected chi connectivity index (χ4v) is 2.78. The number of nitrogens with zero attached hydrogens (tertiary/aromatic N) is 2. The predicted octanol–water partition coefficient (Wildman–Crippen LogP) is 3.44. The number of hydrogen-bond acceptors (Lipinski definition) is 5. The van der Waals surface area contributed by atoms with E-state index in [9.17, 15) is 0 Å². The molecular formula is C19H21N3O2. The lowest BCUT2D eigenvalue weighted by Gasteiger charge is -2.12. The van der Waals surface area contributed by atoms with Crippen LogP contribution in [0.4, 0.5) is 5.82 Å². The van der Waals surface area contributed by atoms with E-state index in [1.165, 1.54) is 11.1 Å². The number of benzene rings is 2. The lowest BCUT2D eigenvalue weighted by molar-refractivity contribution is 0.184. The molecule has 0 atom stereocenters. The van der Waals surface area contributed by atoms with Crippen molar-refractivity contribution in [3.63, 3.8) is 0 Å². The molecule has 5 heteroatoms. The van der Waals surface area contributed by atoms with Crippen LogP contribution >= 0.6 is 0 Å². The van der Waals surface area contributed by atoms with E-state index >= 15 is 0 Å². The van der Waals surface area contributed by atoms with Gasteiger partial charge < -0.3 is 14.8 Å². The second-order valence-electron chi connectivity index (χ2n) is 5.46. The van der Waals surface area contributed by atoms with Crippen LogP contribution in [0.1, 0.15) is 11.1 Å². The first kappa shape index (κ1) is 16.2. The summed E-state index contributed by atoms with van der Waals surface area (Å²) in [7, 11) is 3.37. The van der Waals surface area contributed by atoms with E-state index in [0.717, 1.165) is 35.4 Å². The largest absolute Gasteiger partial charge is 0.494 e. The third-order valence-electron chi connectivity index (χ3n) is 3.95. The molecule has 0 aliphatic carbocycles. The first-order valence-corrected chi connectivity index (χ1v) is 7.90. The first-order chi connectivity index (χ1) is 11.8. The number of fused-ring (bicyclic) bond motifs is 1. The average molecular weight is 323 g/mol. The quantitative estimate of drug-likeness (QED) is 0.722. The molecule has 3 aromatic rings. The van der Waals surface area contributed by atoms with Gasteiger partial charge in [-0.15, -0.1) is 0 Å². The molecule has 1 N–H and O–H groups in total. The lowest BCUT2D eigenvalue weighted by Crippen LogP contribution is -2.09. The molecule has 3 rings (SSSR count). The molecule has 24 heavy (non-hydrogen) atoms. The normalized spacial score (nSPS) is 10.8. The second-order valence-corrected chi connectivity index (χ2v) is 5.46. The van der Waals surface area contributed by atoms with Gasteiger partial charge >= 0.3 is 0 Å². The molecular weight excluding hydrogens is 302 g/mol. The van der Waals surface area contributed by atoms with Gasteiger partial charge in [0.15, 0.2) is 0 Å². The van der Waals surface area contributed by atoms with Gasteiger partial charge in [0.1, 0.15) is 23.4 Å². The molecule has 0 amide bonds. The minimum absolute atomic E-state index is 0.629. The molecule has 0 aliphatic heterocycles. The topological polar surface area (TPSA) is 56.3 Å². The second kappa shape index (κ2) is 7.75. The fraction of sp³-hybridized carbons (Fsp3) is 0.263. The Morgan fingerprint density at radius 2 is 1.79 bits per heavy atom. The number of para-hydroxylation sites is 1. The van der Waals surface area contributed by atoms with Crippen LogP contribution in [0.15, 0.2) is 48.8 Å². The molecule has 0 spiro atoms. The Morgan fingerprint density at radius 3 is 2.58 bits per heavy atom. The zero-order valence-electron chi connectivity index (χ0n) is 14.0. The SMILES string of the molecule is COCc1ccccc1CCNc1ncnc2c(OC)cccc12. The van der Waals surface area contributed by atoms with Gasteiger partial charge in [-0.2, -0.15) is 0 Å². The van der Waals surface area contributed by atoms with Crippen molar-refractivity contribution in [1.82, 2.24) is 9.97 Å². The zero-order chi connectivity index (χ0) is 16.8. The van der Waals surface area contributed by atoms with Gasteiger partial charge in [-0.05, 0) is 29.7 Å². The molecule has 1 heterocycles. The number of hydrogen-bond donors (Lipinski definition) is 1. The molecule has 0 bridgehead atoms. The zero-order valence-corrected chi connectivity index (χ0v) is 14.0. The molecule has 0 saturated carbocycles. The molecule has 1 aromatic heterocycles. The van der Waals surface area contributed by atoms with E-state index in [-0.39, 0.29) is 0 Å². The average Bonchev–Trinajstić information content (AvgIpc) is 2.63. The van der Waals surface area contributed by atoms with E-state index in [1.807, 2.05) is 24.3 Å². The van der Waals surface area contributed by atoms with Crippen LogP contribution in [0.2, 0.25) is 0 Å². The molecule has 0 fully saturated rings. The van der Waals surface area contributed by atoms with Gasteiger partial charge in [0.25, 0.3) is 0 Å². The van der Waals surface area contributed by atoms with Crippen LogP contribution in [0.3, 0.4) is 0 Å². The van der Waals surface area contributed by atoms with Crippen molar-refractivity contribution in [3.8, 4) is 5.75 Å². The monoisotopic (exact) mass is 323 g/mol. The van der Waals surface area contributed by atoms with Crippen molar-refractivity contribution < 1.29 is 9.47 Å². The highest BCUT2D eigenvalue weighted by atomic mass is 16.5. The highest BCUT2D eigenvalue weighted by Crippen LogP contribution is 2.27. The van der Waals surface area contributed by atoms with E-state index in [0.29, 0.717) is 6.61 Å². The Balaban J connectivity index is 1.75. The molecule has 0 radical (unpaired) electrons. The van der Waals surface area contributed by atoms with Crippen LogP contribution < -0.4 is 10.1 Å². The molecule has 0 unspecified atom stereocenters. The van der Waals surface area contributed by atoms with Crippen molar-refractivity contribution in [2.75, 3.05) is 26.1 Å². The molecule has 2 aromatic carbocycles. The molecule has 0 saturated heterocycles. The maximum Gasteiger partial charge on any atom is 0.145 e. The number of rotatable bonds is 7. The Kier molecular flexibility index (Phi) is 5.23. The maximum absolute atomic E-state index is 5.37. The van der Waals surface area contributed by atoms with E-state index in [4.69, 9.17) is 9.47 Å². The van der Waals surface area contributed by atoms with Gasteiger partial charge in [0.05, 0.1) is 13.7 Å². The van der Waals surface area contributed by atoms with Gasteiger partial charge in [0, 0.05) is 19.0 Å². The van der Waals surface area contributed by atoms with Crippen molar-refractivity contribution in [3.05, 3.63) is 59.9 Å². The lowest BCUT2D eigenvalue weighted by atomic mass is 10.1. The van der Waals surface area contributed by atoms with Crippen LogP contribution in [-0.4, -0.2) is 30.7 Å². The molecule has 5 nitrogen and oxygen atoms in total. The predicted molar refractivity (Wildman–Crippen MR) is 95.4 cm³/mol. The minimum atomic E-state index is 0.629. The standard InChI is InChI=1S/C19H21N3O2/c1-23-12-15-7-4-3-6-14(15)10-11-20-19-16-8-5-9-17(24-2)18(16)21-13-22-19/h3-9,13H,10-12H2,1-2H3,(H,20,21,22). The summed E-state index contributed by atoms with van der Waals surface area (Å²) in [5, 5.41) is 4.37. The number of methoxy groups -OCH3 is 2. The van der Waals surface area contributed by atoms with Crippen molar-refractivity contribution in [1.29, 1.82) is 0 Å². The Hall–Kier alpha value is -2.66. The number of nitrogens with one attached hydrogen (secondary N) is 1.